The summed E-state index contributed by atoms with van der Waals surface area (Å²) in [7, 11) is 3.26. The second-order valence-electron chi connectivity index (χ2n) is 10.8. The van der Waals surface area contributed by atoms with Crippen LogP contribution in [0.15, 0.2) is 83.7 Å². The average molecular weight is 575 g/mol. The molecule has 1 aliphatic rings. The van der Waals surface area contributed by atoms with Crippen molar-refractivity contribution in [2.45, 2.75) is 18.7 Å². The van der Waals surface area contributed by atoms with Gasteiger partial charge in [0.05, 0.1) is 24.1 Å². The van der Waals surface area contributed by atoms with Crippen LogP contribution in [-0.4, -0.2) is 88.7 Å². The smallest absolute Gasteiger partial charge is 0.328 e. The molecular formula is C32H38N4O6. The third-order valence-electron chi connectivity index (χ3n) is 7.53. The first-order valence-electron chi connectivity index (χ1n) is 14.1. The average Bonchev–Trinajstić information content (AvgIpc) is 3.12. The highest BCUT2D eigenvalue weighted by atomic mass is 16.5. The number of carbonyl (C=O) groups excluding carboxylic acids is 1. The molecule has 0 unspecified atom stereocenters. The van der Waals surface area contributed by atoms with E-state index in [0.717, 1.165) is 16.6 Å². The molecule has 3 aromatic carbocycles. The van der Waals surface area contributed by atoms with Crippen LogP contribution in [0.25, 0.3) is 11.0 Å². The lowest BCUT2D eigenvalue weighted by Crippen LogP contribution is -2.52. The molecular weight excluding hydrogens is 536 g/mol. The predicted molar refractivity (Wildman–Crippen MR) is 160 cm³/mol. The van der Waals surface area contributed by atoms with Crippen molar-refractivity contribution in [2.75, 3.05) is 53.1 Å². The van der Waals surface area contributed by atoms with Gasteiger partial charge in [-0.1, -0.05) is 42.5 Å². The molecule has 10 heteroatoms. The number of para-hydroxylation sites is 3. The number of amides is 1. The van der Waals surface area contributed by atoms with Gasteiger partial charge in [-0.3, -0.25) is 18.8 Å². The summed E-state index contributed by atoms with van der Waals surface area (Å²) >= 11 is 0. The number of aryl methyl sites for hydroxylation is 1. The highest BCUT2D eigenvalue weighted by molar-refractivity contribution is 5.77. The fraction of sp³-hybridized carbons (Fsp3) is 0.375. The number of fused-ring (bicyclic) bond motifs is 1. The molecule has 10 nitrogen and oxygen atoms in total. The van der Waals surface area contributed by atoms with E-state index in [-0.39, 0.29) is 31.4 Å². The molecule has 0 bridgehead atoms. The lowest BCUT2D eigenvalue weighted by atomic mass is 10.0. The molecule has 0 spiro atoms. The molecule has 1 aromatic heterocycles. The third kappa shape index (κ3) is 7.02. The van der Waals surface area contributed by atoms with Gasteiger partial charge in [0.15, 0.2) is 0 Å². The summed E-state index contributed by atoms with van der Waals surface area (Å²) in [5, 5.41) is 11.6. The van der Waals surface area contributed by atoms with Crippen LogP contribution in [0, 0.1) is 0 Å². The van der Waals surface area contributed by atoms with Crippen LogP contribution in [0.3, 0.4) is 0 Å². The van der Waals surface area contributed by atoms with E-state index < -0.39 is 5.60 Å². The van der Waals surface area contributed by atoms with Crippen LogP contribution < -0.4 is 15.2 Å². The zero-order chi connectivity index (χ0) is 29.5. The van der Waals surface area contributed by atoms with Crippen molar-refractivity contribution in [2.24, 2.45) is 7.05 Å². The summed E-state index contributed by atoms with van der Waals surface area (Å²) < 4.78 is 20.3. The Kier molecular flexibility index (Phi) is 9.26. The SMILES string of the molecule is COCC(=O)N1CCN(Cc2ccc(OCCn3c(=O)n(C)c4ccccc43)cc2)C[C@@](O)(COc2ccccc2)C1. The van der Waals surface area contributed by atoms with E-state index in [1.54, 1.807) is 21.1 Å². The maximum atomic E-state index is 12.7. The van der Waals surface area contributed by atoms with Crippen LogP contribution in [-0.2, 0) is 29.7 Å². The Bertz CT molecular complexity index is 1530. The molecule has 1 atom stereocenters. The topological polar surface area (TPSA) is 98.4 Å². The first-order valence-corrected chi connectivity index (χ1v) is 14.1. The van der Waals surface area contributed by atoms with Gasteiger partial charge in [-0.25, -0.2) is 4.79 Å². The van der Waals surface area contributed by atoms with E-state index in [9.17, 15) is 14.7 Å². The Labute approximate surface area is 245 Å². The normalized spacial score (nSPS) is 17.7. The number of imidazole rings is 1. The monoisotopic (exact) mass is 574 g/mol. The summed E-state index contributed by atoms with van der Waals surface area (Å²) in [6.07, 6.45) is 0. The fourth-order valence-electron chi connectivity index (χ4n) is 5.41. The standard InChI is InChI=1S/C32H38N4O6/c1-33-28-10-6-7-11-29(28)36(31(33)38)18-19-41-27-14-12-25(13-15-27)20-34-16-17-35(30(37)21-40-2)23-32(39,22-34)24-42-26-8-4-3-5-9-26/h3-15,39H,16-24H2,1-2H3/t32-/m0/s1. The number of aliphatic hydroxyl groups is 1. The quantitative estimate of drug-likeness (QED) is 0.294. The highest BCUT2D eigenvalue weighted by Gasteiger charge is 2.37. The molecule has 1 N–H and O–H groups in total. The third-order valence-corrected chi connectivity index (χ3v) is 7.53. The number of nitrogens with zero attached hydrogens (tertiary/aromatic N) is 4. The predicted octanol–water partition coefficient (Wildman–Crippen LogP) is 2.52. The highest BCUT2D eigenvalue weighted by Crippen LogP contribution is 2.21. The summed E-state index contributed by atoms with van der Waals surface area (Å²) in [5.74, 6) is 1.22. The van der Waals surface area contributed by atoms with Crippen LogP contribution in [0.4, 0.5) is 0 Å². The van der Waals surface area contributed by atoms with Crippen molar-refractivity contribution in [1.82, 2.24) is 18.9 Å². The molecule has 222 valence electrons. The Balaban J connectivity index is 1.20. The van der Waals surface area contributed by atoms with Crippen molar-refractivity contribution < 1.29 is 24.1 Å². The maximum Gasteiger partial charge on any atom is 0.328 e. The lowest BCUT2D eigenvalue weighted by molar-refractivity contribution is -0.138. The molecule has 0 aliphatic carbocycles. The first kappa shape index (κ1) is 29.4. The molecule has 0 saturated carbocycles. The molecule has 1 amide bonds. The largest absolute Gasteiger partial charge is 0.492 e. The summed E-state index contributed by atoms with van der Waals surface area (Å²) in [6.45, 7) is 2.98. The minimum Gasteiger partial charge on any atom is -0.492 e. The van der Waals surface area contributed by atoms with Crippen molar-refractivity contribution in [3.8, 4) is 11.5 Å². The van der Waals surface area contributed by atoms with E-state index in [1.165, 1.54) is 7.11 Å². The van der Waals surface area contributed by atoms with Gasteiger partial charge in [0, 0.05) is 40.3 Å². The number of hydrogen-bond acceptors (Lipinski definition) is 7. The van der Waals surface area contributed by atoms with Crippen LogP contribution >= 0.6 is 0 Å². The Morgan fingerprint density at radius 2 is 1.57 bits per heavy atom. The first-order chi connectivity index (χ1) is 20.3. The zero-order valence-electron chi connectivity index (χ0n) is 24.1. The second-order valence-corrected chi connectivity index (χ2v) is 10.8. The fourth-order valence-corrected chi connectivity index (χ4v) is 5.41. The van der Waals surface area contributed by atoms with Crippen LogP contribution in [0.2, 0.25) is 0 Å². The van der Waals surface area contributed by atoms with Gasteiger partial charge in [0.1, 0.15) is 36.9 Å². The van der Waals surface area contributed by atoms with E-state index in [2.05, 4.69) is 4.90 Å². The summed E-state index contributed by atoms with van der Waals surface area (Å²) in [6, 6.07) is 24.9. The van der Waals surface area contributed by atoms with Crippen molar-refractivity contribution in [3.05, 3.63) is 94.9 Å². The van der Waals surface area contributed by atoms with E-state index in [0.29, 0.717) is 50.8 Å². The van der Waals surface area contributed by atoms with Crippen LogP contribution in [0.1, 0.15) is 5.56 Å². The van der Waals surface area contributed by atoms with E-state index in [1.807, 2.05) is 78.9 Å². The van der Waals surface area contributed by atoms with Gasteiger partial charge in [-0.05, 0) is 42.0 Å². The number of β-amino-alcohol motifs (C(OH)–C–C–N with tert-alkyl or cyclic N) is 1. The molecule has 4 aromatic rings. The molecule has 5 rings (SSSR count). The summed E-state index contributed by atoms with van der Waals surface area (Å²) in [4.78, 5) is 29.1. The number of methoxy groups -OCH3 is 1. The van der Waals surface area contributed by atoms with Gasteiger partial charge in [0.2, 0.25) is 5.91 Å². The number of hydrogen-bond donors (Lipinski definition) is 1. The van der Waals surface area contributed by atoms with Crippen molar-refractivity contribution >= 4 is 16.9 Å². The zero-order valence-corrected chi connectivity index (χ0v) is 24.1. The second kappa shape index (κ2) is 13.2. The number of aromatic nitrogens is 2. The summed E-state index contributed by atoms with van der Waals surface area (Å²) in [5.41, 5.74) is 1.50. The number of benzene rings is 3. The Morgan fingerprint density at radius 1 is 0.881 bits per heavy atom. The number of ether oxygens (including phenoxy) is 3. The van der Waals surface area contributed by atoms with Gasteiger partial charge in [-0.15, -0.1) is 0 Å². The minimum absolute atomic E-state index is 0.0355. The number of rotatable bonds is 11. The molecule has 0 radical (unpaired) electrons. The number of carbonyl (C=O) groups is 1. The molecule has 1 saturated heterocycles. The molecule has 1 fully saturated rings. The maximum absolute atomic E-state index is 12.7. The Hall–Kier alpha value is -4.12. The molecule has 1 aliphatic heterocycles. The van der Waals surface area contributed by atoms with Gasteiger partial charge in [-0.2, -0.15) is 0 Å². The minimum atomic E-state index is -1.27. The van der Waals surface area contributed by atoms with Gasteiger partial charge >= 0.3 is 5.69 Å². The molecule has 42 heavy (non-hydrogen) atoms. The van der Waals surface area contributed by atoms with Gasteiger partial charge in [0.25, 0.3) is 0 Å². The Morgan fingerprint density at radius 3 is 2.31 bits per heavy atom. The van der Waals surface area contributed by atoms with E-state index >= 15 is 0 Å². The van der Waals surface area contributed by atoms with Crippen molar-refractivity contribution in [3.63, 3.8) is 0 Å². The van der Waals surface area contributed by atoms with Crippen LogP contribution in [0.5, 0.6) is 11.5 Å². The van der Waals surface area contributed by atoms with E-state index in [4.69, 9.17) is 14.2 Å². The lowest BCUT2D eigenvalue weighted by Gasteiger charge is -2.33. The van der Waals surface area contributed by atoms with Crippen molar-refractivity contribution in [1.29, 1.82) is 0 Å². The molecule has 2 heterocycles. The van der Waals surface area contributed by atoms with Gasteiger partial charge < -0.3 is 24.2 Å².